The third-order valence-electron chi connectivity index (χ3n) is 4.92. The summed E-state index contributed by atoms with van der Waals surface area (Å²) in [5, 5.41) is 7.56. The Labute approximate surface area is 185 Å². The first-order chi connectivity index (χ1) is 15.1. The zero-order chi connectivity index (χ0) is 21.6. The van der Waals surface area contributed by atoms with Crippen molar-refractivity contribution in [2.45, 2.75) is 6.54 Å². The Morgan fingerprint density at radius 1 is 1.13 bits per heavy atom. The molecule has 1 saturated heterocycles. The average molecular weight is 442 g/mol. The summed E-state index contributed by atoms with van der Waals surface area (Å²) in [5.74, 6) is 0.819. The second-order valence-electron chi connectivity index (χ2n) is 7.39. The molecule has 8 nitrogen and oxygen atoms in total. The Kier molecular flexibility index (Phi) is 6.81. The van der Waals surface area contributed by atoms with Crippen LogP contribution in [-0.2, 0) is 16.1 Å². The van der Waals surface area contributed by atoms with E-state index in [1.165, 1.54) is 0 Å². The molecule has 162 valence electrons. The summed E-state index contributed by atoms with van der Waals surface area (Å²) in [6.07, 6.45) is 0. The fourth-order valence-corrected chi connectivity index (χ4v) is 3.47. The lowest BCUT2D eigenvalue weighted by molar-refractivity contribution is -0.117. The highest BCUT2D eigenvalue weighted by molar-refractivity contribution is 6.30. The van der Waals surface area contributed by atoms with E-state index in [0.717, 1.165) is 43.2 Å². The average Bonchev–Trinajstić information content (AvgIpc) is 3.23. The van der Waals surface area contributed by atoms with E-state index < -0.39 is 0 Å². The van der Waals surface area contributed by atoms with Crippen LogP contribution in [0.25, 0.3) is 11.4 Å². The minimum absolute atomic E-state index is 0.112. The van der Waals surface area contributed by atoms with Gasteiger partial charge in [0, 0.05) is 35.1 Å². The Hall–Kier alpha value is -2.94. The summed E-state index contributed by atoms with van der Waals surface area (Å²) in [6.45, 7) is 3.81. The molecule has 1 fully saturated rings. The number of nitrogens with one attached hydrogen (secondary N) is 1. The number of amides is 1. The van der Waals surface area contributed by atoms with Gasteiger partial charge in [-0.25, -0.2) is 0 Å². The maximum atomic E-state index is 12.4. The van der Waals surface area contributed by atoms with Gasteiger partial charge in [-0.15, -0.1) is 0 Å². The molecule has 1 N–H and O–H groups in total. The van der Waals surface area contributed by atoms with Crippen LogP contribution in [0.2, 0.25) is 5.02 Å². The number of nitrogens with zero attached hydrogens (tertiary/aromatic N) is 4. The van der Waals surface area contributed by atoms with Crippen molar-refractivity contribution in [3.8, 4) is 11.4 Å². The molecule has 1 aromatic heterocycles. The maximum Gasteiger partial charge on any atom is 0.241 e. The number of aromatic nitrogens is 2. The van der Waals surface area contributed by atoms with Gasteiger partial charge in [0.15, 0.2) is 0 Å². The van der Waals surface area contributed by atoms with Crippen LogP contribution in [0.5, 0.6) is 0 Å². The molecule has 1 aliphatic heterocycles. The largest absolute Gasteiger partial charge is 0.378 e. The molecule has 31 heavy (non-hydrogen) atoms. The number of carbonyl (C=O) groups excluding carboxylic acids is 1. The lowest BCUT2D eigenvalue weighted by Crippen LogP contribution is -2.36. The molecule has 2 heterocycles. The van der Waals surface area contributed by atoms with Gasteiger partial charge in [0.05, 0.1) is 26.3 Å². The normalized spacial score (nSPS) is 14.1. The highest BCUT2D eigenvalue weighted by Crippen LogP contribution is 2.20. The van der Waals surface area contributed by atoms with Crippen LogP contribution in [0, 0.1) is 0 Å². The van der Waals surface area contributed by atoms with Gasteiger partial charge in [-0.3, -0.25) is 9.69 Å². The van der Waals surface area contributed by atoms with Gasteiger partial charge >= 0.3 is 0 Å². The van der Waals surface area contributed by atoms with Crippen LogP contribution < -0.4 is 10.2 Å². The summed E-state index contributed by atoms with van der Waals surface area (Å²) in [6, 6.07) is 15.1. The topological polar surface area (TPSA) is 83.7 Å². The van der Waals surface area contributed by atoms with E-state index >= 15 is 0 Å². The maximum absolute atomic E-state index is 12.4. The zero-order valence-electron chi connectivity index (χ0n) is 17.3. The first-order valence-electron chi connectivity index (χ1n) is 10.1. The molecule has 0 radical (unpaired) electrons. The van der Waals surface area contributed by atoms with Crippen LogP contribution >= 0.6 is 11.6 Å². The van der Waals surface area contributed by atoms with E-state index in [1.807, 2.05) is 48.3 Å². The van der Waals surface area contributed by atoms with Crippen LogP contribution in [0.4, 0.5) is 11.4 Å². The third kappa shape index (κ3) is 5.81. The number of ether oxygens (including phenoxy) is 1. The molecule has 1 aliphatic rings. The predicted molar refractivity (Wildman–Crippen MR) is 119 cm³/mol. The highest BCUT2D eigenvalue weighted by Gasteiger charge is 2.14. The summed E-state index contributed by atoms with van der Waals surface area (Å²) in [5.41, 5.74) is 2.71. The Balaban J connectivity index is 1.27. The molecule has 0 atom stereocenters. The van der Waals surface area contributed by atoms with Crippen molar-refractivity contribution < 1.29 is 14.1 Å². The molecule has 2 aromatic carbocycles. The first-order valence-corrected chi connectivity index (χ1v) is 10.4. The summed E-state index contributed by atoms with van der Waals surface area (Å²) < 4.78 is 10.7. The Morgan fingerprint density at radius 2 is 1.84 bits per heavy atom. The van der Waals surface area contributed by atoms with Crippen molar-refractivity contribution in [2.75, 3.05) is 50.1 Å². The fraction of sp³-hybridized carbons (Fsp3) is 0.318. The SMILES string of the molecule is CN(CC(=O)Nc1ccc(N2CCOCC2)cc1)Cc1nc(-c2ccc(Cl)cc2)no1. The van der Waals surface area contributed by atoms with Crippen LogP contribution in [0.15, 0.2) is 53.1 Å². The molecule has 3 aromatic rings. The van der Waals surface area contributed by atoms with Gasteiger partial charge in [0.25, 0.3) is 0 Å². The molecule has 9 heteroatoms. The first kappa shape index (κ1) is 21.3. The number of likely N-dealkylation sites (N-methyl/N-ethyl adjacent to an activating group) is 1. The van der Waals surface area contributed by atoms with Crippen molar-refractivity contribution in [1.82, 2.24) is 15.0 Å². The minimum Gasteiger partial charge on any atom is -0.378 e. The minimum atomic E-state index is -0.112. The summed E-state index contributed by atoms with van der Waals surface area (Å²) in [4.78, 5) is 20.9. The second kappa shape index (κ2) is 9.91. The van der Waals surface area contributed by atoms with Gasteiger partial charge in [-0.05, 0) is 55.6 Å². The number of hydrogen-bond donors (Lipinski definition) is 1. The van der Waals surface area contributed by atoms with Crippen LogP contribution in [-0.4, -0.2) is 60.8 Å². The van der Waals surface area contributed by atoms with Crippen molar-refractivity contribution in [2.24, 2.45) is 0 Å². The molecule has 1 amide bonds. The van der Waals surface area contributed by atoms with Crippen molar-refractivity contribution in [1.29, 1.82) is 0 Å². The standard InChI is InChI=1S/C22H24ClN5O3/c1-27(15-21-25-22(26-31-21)16-2-4-17(23)5-3-16)14-20(29)24-18-6-8-19(9-7-18)28-10-12-30-13-11-28/h2-9H,10-15H2,1H3,(H,24,29). The summed E-state index contributed by atoms with van der Waals surface area (Å²) >= 11 is 5.91. The number of anilines is 2. The summed E-state index contributed by atoms with van der Waals surface area (Å²) in [7, 11) is 1.83. The molecular weight excluding hydrogens is 418 g/mol. The van der Waals surface area contributed by atoms with Gasteiger partial charge < -0.3 is 19.5 Å². The second-order valence-corrected chi connectivity index (χ2v) is 7.82. The van der Waals surface area contributed by atoms with Crippen molar-refractivity contribution in [3.05, 3.63) is 59.4 Å². The fourth-order valence-electron chi connectivity index (χ4n) is 3.34. The molecule has 0 aliphatic carbocycles. The Morgan fingerprint density at radius 3 is 2.55 bits per heavy atom. The van der Waals surface area contributed by atoms with E-state index in [4.69, 9.17) is 20.9 Å². The molecule has 0 saturated carbocycles. The van der Waals surface area contributed by atoms with Crippen molar-refractivity contribution >= 4 is 28.9 Å². The highest BCUT2D eigenvalue weighted by atomic mass is 35.5. The molecule has 0 unspecified atom stereocenters. The number of halogens is 1. The molecule has 0 bridgehead atoms. The van der Waals surface area contributed by atoms with Crippen molar-refractivity contribution in [3.63, 3.8) is 0 Å². The molecule has 4 rings (SSSR count). The lowest BCUT2D eigenvalue weighted by atomic mass is 10.2. The van der Waals surface area contributed by atoms with E-state index in [0.29, 0.717) is 23.3 Å². The van der Waals surface area contributed by atoms with Gasteiger partial charge in [0.2, 0.25) is 17.6 Å². The van der Waals surface area contributed by atoms with Crippen LogP contribution in [0.1, 0.15) is 5.89 Å². The number of benzene rings is 2. The third-order valence-corrected chi connectivity index (χ3v) is 5.17. The number of rotatable bonds is 7. The van der Waals surface area contributed by atoms with Crippen LogP contribution in [0.3, 0.4) is 0 Å². The number of morpholine rings is 1. The van der Waals surface area contributed by atoms with Gasteiger partial charge in [-0.2, -0.15) is 4.98 Å². The van der Waals surface area contributed by atoms with E-state index in [2.05, 4.69) is 20.4 Å². The molecular formula is C22H24ClN5O3. The van der Waals surface area contributed by atoms with Gasteiger partial charge in [0.1, 0.15) is 0 Å². The quantitative estimate of drug-likeness (QED) is 0.602. The zero-order valence-corrected chi connectivity index (χ0v) is 18.0. The number of hydrogen-bond acceptors (Lipinski definition) is 7. The number of carbonyl (C=O) groups is 1. The predicted octanol–water partition coefficient (Wildman–Crippen LogP) is 3.30. The Bertz CT molecular complexity index is 1000. The monoisotopic (exact) mass is 441 g/mol. The van der Waals surface area contributed by atoms with E-state index in [9.17, 15) is 4.79 Å². The molecule has 0 spiro atoms. The lowest BCUT2D eigenvalue weighted by Gasteiger charge is -2.28. The van der Waals surface area contributed by atoms with E-state index in [-0.39, 0.29) is 12.5 Å². The van der Waals surface area contributed by atoms with Gasteiger partial charge in [-0.1, -0.05) is 16.8 Å². The van der Waals surface area contributed by atoms with E-state index in [1.54, 1.807) is 12.1 Å². The smallest absolute Gasteiger partial charge is 0.241 e.